The third kappa shape index (κ3) is 6.18. The van der Waals surface area contributed by atoms with E-state index in [4.69, 9.17) is 0 Å². The lowest BCUT2D eigenvalue weighted by Crippen LogP contribution is -2.39. The van der Waals surface area contributed by atoms with E-state index in [2.05, 4.69) is 49.8 Å². The number of hydrogen-bond donors (Lipinski definition) is 3. The van der Waals surface area contributed by atoms with Gasteiger partial charge in [0.05, 0.1) is 24.0 Å². The second-order valence-corrected chi connectivity index (χ2v) is 13.5. The lowest BCUT2D eigenvalue weighted by Gasteiger charge is -2.44. The highest BCUT2D eigenvalue weighted by molar-refractivity contribution is 5.39. The van der Waals surface area contributed by atoms with Crippen LogP contribution >= 0.6 is 0 Å². The van der Waals surface area contributed by atoms with E-state index < -0.39 is 17.8 Å². The number of aromatic nitrogens is 3. The van der Waals surface area contributed by atoms with E-state index in [1.54, 1.807) is 17.1 Å². The number of fused-ring (bicyclic) bond motifs is 1. The fraction of sp³-hybridized carbons (Fsp3) is 0.750. The number of aryl methyl sites for hydroxylation is 1. The van der Waals surface area contributed by atoms with Crippen molar-refractivity contribution in [1.29, 1.82) is 0 Å². The second kappa shape index (κ2) is 11.8. The number of nitrogens with zero attached hydrogens (tertiary/aromatic N) is 3. The van der Waals surface area contributed by atoms with Gasteiger partial charge in [-0.25, -0.2) is 0 Å². The molecule has 0 aromatic carbocycles. The first-order chi connectivity index (χ1) is 17.9. The summed E-state index contributed by atoms with van der Waals surface area (Å²) in [6.45, 7) is 15.8. The predicted octanol–water partition coefficient (Wildman–Crippen LogP) is 5.86. The average Bonchev–Trinajstić information content (AvgIpc) is 3.50. The molecule has 0 saturated heterocycles. The summed E-state index contributed by atoms with van der Waals surface area (Å²) in [7, 11) is 0. The van der Waals surface area contributed by atoms with Gasteiger partial charge in [0.15, 0.2) is 0 Å². The SMILES string of the molecule is C=C1/C(=C\C=C2\CCC[C@]3(C)[C@@H]([C@H](C)CC[C@H](C)C(C)(C)O)CC[C@@H]23)C[C@@H](O)[C@H](CCn2ccnn2)[C@@H]1O. The van der Waals surface area contributed by atoms with Crippen molar-refractivity contribution in [2.45, 2.75) is 117 Å². The standard InChI is InChI=1S/C32H51N3O3/c1-21(9-10-22(2)31(4,5)38)27-13-14-28-24(8-7-16-32(27,28)6)11-12-25-20-29(36)26(30(37)23(25)3)15-18-35-19-17-33-34-35/h11-12,17,19,21-22,26-30,36-38H,3,7-10,13-16,18,20H2,1-2,4-6H3/b24-11-,25-12-/t21-,22+,26+,27-,28+,29-,30-,32-/m1/s1. The molecule has 6 nitrogen and oxygen atoms in total. The molecule has 0 radical (unpaired) electrons. The fourth-order valence-corrected chi connectivity index (χ4v) is 7.81. The van der Waals surface area contributed by atoms with Crippen LogP contribution in [0.1, 0.15) is 92.4 Å². The first kappa shape index (κ1) is 29.2. The van der Waals surface area contributed by atoms with Gasteiger partial charge in [0.25, 0.3) is 0 Å². The maximum atomic E-state index is 11.0. The minimum Gasteiger partial charge on any atom is -0.392 e. The average molecular weight is 526 g/mol. The largest absolute Gasteiger partial charge is 0.392 e. The van der Waals surface area contributed by atoms with Gasteiger partial charge in [0.2, 0.25) is 0 Å². The molecule has 4 rings (SSSR count). The van der Waals surface area contributed by atoms with Gasteiger partial charge in [-0.2, -0.15) is 0 Å². The van der Waals surface area contributed by atoms with Gasteiger partial charge in [-0.3, -0.25) is 4.68 Å². The highest BCUT2D eigenvalue weighted by atomic mass is 16.3. The van der Waals surface area contributed by atoms with Gasteiger partial charge in [0, 0.05) is 18.7 Å². The molecule has 1 aromatic heterocycles. The number of rotatable bonds is 9. The number of hydrogen-bond acceptors (Lipinski definition) is 5. The molecule has 0 bridgehead atoms. The van der Waals surface area contributed by atoms with Crippen molar-refractivity contribution in [3.05, 3.63) is 47.8 Å². The summed E-state index contributed by atoms with van der Waals surface area (Å²) in [5, 5.41) is 40.1. The van der Waals surface area contributed by atoms with Crippen molar-refractivity contribution in [2.75, 3.05) is 0 Å². The molecule has 212 valence electrons. The van der Waals surface area contributed by atoms with E-state index in [0.29, 0.717) is 42.6 Å². The Morgan fingerprint density at radius 1 is 1.21 bits per heavy atom. The molecule has 0 spiro atoms. The molecule has 8 atom stereocenters. The van der Waals surface area contributed by atoms with Crippen LogP contribution in [-0.4, -0.2) is 48.1 Å². The Morgan fingerprint density at radius 2 is 1.97 bits per heavy atom. The van der Waals surface area contributed by atoms with Gasteiger partial charge in [-0.15, -0.1) is 5.10 Å². The summed E-state index contributed by atoms with van der Waals surface area (Å²) >= 11 is 0. The lowest BCUT2D eigenvalue weighted by molar-refractivity contribution is 0.0115. The summed E-state index contributed by atoms with van der Waals surface area (Å²) < 4.78 is 1.74. The Labute approximate surface area is 229 Å². The summed E-state index contributed by atoms with van der Waals surface area (Å²) in [5.41, 5.74) is 2.97. The first-order valence-corrected chi connectivity index (χ1v) is 14.9. The van der Waals surface area contributed by atoms with Crippen molar-refractivity contribution in [1.82, 2.24) is 15.0 Å². The Balaban J connectivity index is 1.41. The Bertz CT molecular complexity index is 1010. The monoisotopic (exact) mass is 525 g/mol. The molecule has 6 heteroatoms. The molecule has 3 saturated carbocycles. The summed E-state index contributed by atoms with van der Waals surface area (Å²) in [6, 6.07) is 0. The molecular weight excluding hydrogens is 474 g/mol. The van der Waals surface area contributed by atoms with E-state index in [1.165, 1.54) is 37.7 Å². The van der Waals surface area contributed by atoms with Crippen molar-refractivity contribution < 1.29 is 15.3 Å². The highest BCUT2D eigenvalue weighted by Gasteiger charge is 2.50. The van der Waals surface area contributed by atoms with Crippen molar-refractivity contribution >= 4 is 0 Å². The van der Waals surface area contributed by atoms with Gasteiger partial charge < -0.3 is 15.3 Å². The topological polar surface area (TPSA) is 91.4 Å². The highest BCUT2D eigenvalue weighted by Crippen LogP contribution is 2.60. The number of aliphatic hydroxyl groups excluding tert-OH is 2. The molecule has 1 aromatic rings. The van der Waals surface area contributed by atoms with Crippen LogP contribution in [0, 0.1) is 35.0 Å². The van der Waals surface area contributed by atoms with Crippen molar-refractivity contribution in [2.24, 2.45) is 35.0 Å². The van der Waals surface area contributed by atoms with E-state index >= 15 is 0 Å². The van der Waals surface area contributed by atoms with Gasteiger partial charge in [-0.05, 0) is 105 Å². The van der Waals surface area contributed by atoms with Crippen LogP contribution in [0.25, 0.3) is 0 Å². The van der Waals surface area contributed by atoms with Crippen molar-refractivity contribution in [3.63, 3.8) is 0 Å². The van der Waals surface area contributed by atoms with Crippen LogP contribution in [0.2, 0.25) is 0 Å². The van der Waals surface area contributed by atoms with E-state index in [-0.39, 0.29) is 5.92 Å². The lowest BCUT2D eigenvalue weighted by atomic mass is 9.60. The van der Waals surface area contributed by atoms with Gasteiger partial charge >= 0.3 is 0 Å². The van der Waals surface area contributed by atoms with Crippen LogP contribution in [0.15, 0.2) is 47.8 Å². The minimum atomic E-state index is -0.744. The molecule has 3 N–H and O–H groups in total. The summed E-state index contributed by atoms with van der Waals surface area (Å²) in [5.74, 6) is 2.04. The zero-order valence-electron chi connectivity index (χ0n) is 24.3. The smallest absolute Gasteiger partial charge is 0.0840 e. The number of aliphatic hydroxyl groups is 3. The maximum Gasteiger partial charge on any atom is 0.0840 e. The third-order valence-corrected chi connectivity index (χ3v) is 10.7. The van der Waals surface area contributed by atoms with Crippen LogP contribution in [-0.2, 0) is 6.54 Å². The van der Waals surface area contributed by atoms with E-state index in [9.17, 15) is 15.3 Å². The Kier molecular flexibility index (Phi) is 9.06. The molecule has 1 heterocycles. The number of allylic oxidation sites excluding steroid dienone is 3. The van der Waals surface area contributed by atoms with E-state index in [0.717, 1.165) is 29.9 Å². The summed E-state index contributed by atoms with van der Waals surface area (Å²) in [6.07, 6.45) is 16.2. The van der Waals surface area contributed by atoms with Crippen LogP contribution in [0.3, 0.4) is 0 Å². The minimum absolute atomic E-state index is 0.245. The zero-order chi connectivity index (χ0) is 27.7. The van der Waals surface area contributed by atoms with Gasteiger partial charge in [-0.1, -0.05) is 56.7 Å². The Morgan fingerprint density at radius 3 is 2.66 bits per heavy atom. The third-order valence-electron chi connectivity index (χ3n) is 10.7. The fourth-order valence-electron chi connectivity index (χ4n) is 7.81. The van der Waals surface area contributed by atoms with Crippen LogP contribution in [0.4, 0.5) is 0 Å². The molecular formula is C32H51N3O3. The maximum absolute atomic E-state index is 11.0. The van der Waals surface area contributed by atoms with E-state index in [1.807, 2.05) is 13.8 Å². The van der Waals surface area contributed by atoms with Crippen LogP contribution in [0.5, 0.6) is 0 Å². The first-order valence-electron chi connectivity index (χ1n) is 14.9. The zero-order valence-corrected chi connectivity index (χ0v) is 24.3. The summed E-state index contributed by atoms with van der Waals surface area (Å²) in [4.78, 5) is 0. The molecule has 0 unspecified atom stereocenters. The quantitative estimate of drug-likeness (QED) is 0.376. The molecule has 3 aliphatic carbocycles. The normalized spacial score (nSPS) is 36.0. The van der Waals surface area contributed by atoms with Crippen molar-refractivity contribution in [3.8, 4) is 0 Å². The van der Waals surface area contributed by atoms with Gasteiger partial charge in [0.1, 0.15) is 0 Å². The molecule has 0 amide bonds. The molecule has 3 aliphatic rings. The van der Waals surface area contributed by atoms with Crippen LogP contribution < -0.4 is 0 Å². The molecule has 0 aliphatic heterocycles. The predicted molar refractivity (Wildman–Crippen MR) is 152 cm³/mol. The Hall–Kier alpha value is -1.76. The second-order valence-electron chi connectivity index (χ2n) is 13.5. The molecule has 3 fully saturated rings. The molecule has 38 heavy (non-hydrogen) atoms.